The van der Waals surface area contributed by atoms with E-state index >= 15 is 0 Å². The topological polar surface area (TPSA) is 76.7 Å². The molecule has 0 unspecified atom stereocenters. The highest BCUT2D eigenvalue weighted by Gasteiger charge is 2.14. The van der Waals surface area contributed by atoms with Crippen LogP contribution in [0.3, 0.4) is 0 Å². The third-order valence-corrected chi connectivity index (χ3v) is 2.92. The first-order valence-corrected chi connectivity index (χ1v) is 6.09. The first kappa shape index (κ1) is 13.0. The molecule has 0 saturated carbocycles. The second kappa shape index (κ2) is 5.20. The number of fused-ring (bicyclic) bond motifs is 1. The maximum absolute atomic E-state index is 12.8. The number of rotatable bonds is 4. The van der Waals surface area contributed by atoms with Crippen molar-refractivity contribution in [3.05, 3.63) is 59.8 Å². The summed E-state index contributed by atoms with van der Waals surface area (Å²) in [5.74, 6) is -0.472. The molecule has 0 bridgehead atoms. The predicted molar refractivity (Wildman–Crippen MR) is 70.7 cm³/mol. The van der Waals surface area contributed by atoms with E-state index in [4.69, 9.17) is 9.84 Å². The molecule has 3 aromatic rings. The molecule has 0 aliphatic heterocycles. The van der Waals surface area contributed by atoms with Crippen LogP contribution in [-0.2, 0) is 6.61 Å². The van der Waals surface area contributed by atoms with Crippen molar-refractivity contribution in [3.63, 3.8) is 0 Å². The fourth-order valence-electron chi connectivity index (χ4n) is 1.91. The van der Waals surface area contributed by atoms with Crippen LogP contribution >= 0.6 is 0 Å². The van der Waals surface area contributed by atoms with Gasteiger partial charge in [0.1, 0.15) is 23.7 Å². The van der Waals surface area contributed by atoms with Gasteiger partial charge in [-0.05, 0) is 36.4 Å². The van der Waals surface area contributed by atoms with E-state index in [1.54, 1.807) is 16.7 Å². The van der Waals surface area contributed by atoms with Gasteiger partial charge in [0.05, 0.1) is 0 Å². The van der Waals surface area contributed by atoms with Crippen LogP contribution in [0.15, 0.2) is 42.6 Å². The molecule has 0 saturated heterocycles. The molecule has 2 heterocycles. The molecule has 1 aromatic carbocycles. The molecule has 0 atom stereocenters. The van der Waals surface area contributed by atoms with Crippen molar-refractivity contribution in [3.8, 4) is 5.75 Å². The molecule has 106 valence electrons. The zero-order valence-corrected chi connectivity index (χ0v) is 10.7. The Hall–Kier alpha value is -2.96. The van der Waals surface area contributed by atoms with Gasteiger partial charge < -0.3 is 9.84 Å². The number of hydrogen-bond acceptors (Lipinski definition) is 4. The van der Waals surface area contributed by atoms with E-state index in [0.29, 0.717) is 11.6 Å². The van der Waals surface area contributed by atoms with E-state index in [0.717, 1.165) is 0 Å². The van der Waals surface area contributed by atoms with Gasteiger partial charge in [0.25, 0.3) is 0 Å². The van der Waals surface area contributed by atoms with Crippen LogP contribution in [0.5, 0.6) is 5.75 Å². The first-order chi connectivity index (χ1) is 10.1. The third kappa shape index (κ3) is 2.53. The summed E-state index contributed by atoms with van der Waals surface area (Å²) in [4.78, 5) is 11.1. The first-order valence-electron chi connectivity index (χ1n) is 6.09. The summed E-state index contributed by atoms with van der Waals surface area (Å²) in [7, 11) is 0. The molecular weight excluding hydrogens is 277 g/mol. The van der Waals surface area contributed by atoms with Crippen LogP contribution in [0.4, 0.5) is 4.39 Å². The van der Waals surface area contributed by atoms with E-state index in [2.05, 4.69) is 10.2 Å². The molecule has 2 aromatic heterocycles. The summed E-state index contributed by atoms with van der Waals surface area (Å²) in [6.45, 7) is 0.0931. The molecule has 0 fully saturated rings. The number of ether oxygens (including phenoxy) is 1. The maximum atomic E-state index is 12.8. The number of halogens is 1. The van der Waals surface area contributed by atoms with Crippen LogP contribution < -0.4 is 4.74 Å². The van der Waals surface area contributed by atoms with E-state index < -0.39 is 5.97 Å². The van der Waals surface area contributed by atoms with Crippen molar-refractivity contribution >= 4 is 11.6 Å². The van der Waals surface area contributed by atoms with Crippen molar-refractivity contribution in [2.24, 2.45) is 0 Å². The highest BCUT2D eigenvalue weighted by Crippen LogP contribution is 2.15. The SMILES string of the molecule is O=C(O)c1cccn2c(COc3ccc(F)cc3)nnc12. The van der Waals surface area contributed by atoms with E-state index in [9.17, 15) is 9.18 Å². The number of benzene rings is 1. The normalized spacial score (nSPS) is 10.7. The van der Waals surface area contributed by atoms with Crippen molar-refractivity contribution in [1.82, 2.24) is 14.6 Å². The Morgan fingerprint density at radius 3 is 2.71 bits per heavy atom. The zero-order chi connectivity index (χ0) is 14.8. The monoisotopic (exact) mass is 287 g/mol. The molecule has 0 aliphatic carbocycles. The van der Waals surface area contributed by atoms with Gasteiger partial charge in [-0.2, -0.15) is 0 Å². The lowest BCUT2D eigenvalue weighted by atomic mass is 10.3. The van der Waals surface area contributed by atoms with Gasteiger partial charge in [-0.25, -0.2) is 9.18 Å². The van der Waals surface area contributed by atoms with Crippen molar-refractivity contribution < 1.29 is 19.0 Å². The van der Waals surface area contributed by atoms with Gasteiger partial charge >= 0.3 is 5.97 Å². The van der Waals surface area contributed by atoms with Crippen LogP contribution in [0, 0.1) is 5.82 Å². The number of aromatic nitrogens is 3. The summed E-state index contributed by atoms with van der Waals surface area (Å²) in [5.41, 5.74) is 0.320. The number of nitrogens with zero attached hydrogens (tertiary/aromatic N) is 3. The van der Waals surface area contributed by atoms with Crippen LogP contribution in [-0.4, -0.2) is 25.7 Å². The Morgan fingerprint density at radius 1 is 1.24 bits per heavy atom. The number of carbonyl (C=O) groups is 1. The third-order valence-electron chi connectivity index (χ3n) is 2.92. The van der Waals surface area contributed by atoms with E-state index in [-0.39, 0.29) is 23.6 Å². The van der Waals surface area contributed by atoms with Gasteiger partial charge in [0.15, 0.2) is 11.5 Å². The average molecular weight is 287 g/mol. The van der Waals surface area contributed by atoms with Crippen molar-refractivity contribution in [2.45, 2.75) is 6.61 Å². The minimum Gasteiger partial charge on any atom is -0.486 e. The Kier molecular flexibility index (Phi) is 3.23. The van der Waals surface area contributed by atoms with Gasteiger partial charge in [-0.1, -0.05) is 0 Å². The molecule has 6 nitrogen and oxygen atoms in total. The second-order valence-electron chi connectivity index (χ2n) is 4.28. The average Bonchev–Trinajstić information content (AvgIpc) is 2.89. The Morgan fingerprint density at radius 2 is 2.00 bits per heavy atom. The Balaban J connectivity index is 1.86. The molecule has 7 heteroatoms. The molecule has 3 rings (SSSR count). The lowest BCUT2D eigenvalue weighted by molar-refractivity contribution is 0.0698. The van der Waals surface area contributed by atoms with Crippen LogP contribution in [0.25, 0.3) is 5.65 Å². The minimum atomic E-state index is -1.07. The minimum absolute atomic E-state index is 0.0676. The predicted octanol–water partition coefficient (Wildman–Crippen LogP) is 2.15. The largest absolute Gasteiger partial charge is 0.486 e. The highest BCUT2D eigenvalue weighted by molar-refractivity contribution is 5.94. The summed E-state index contributed by atoms with van der Waals surface area (Å²) >= 11 is 0. The number of aromatic carboxylic acids is 1. The number of hydrogen-bond donors (Lipinski definition) is 1. The Labute approximate surface area is 118 Å². The van der Waals surface area contributed by atoms with Crippen LogP contribution in [0.1, 0.15) is 16.2 Å². The lowest BCUT2D eigenvalue weighted by Crippen LogP contribution is -2.04. The summed E-state index contributed by atoms with van der Waals surface area (Å²) in [6.07, 6.45) is 1.66. The summed E-state index contributed by atoms with van der Waals surface area (Å²) in [5, 5.41) is 16.9. The molecule has 0 aliphatic rings. The van der Waals surface area contributed by atoms with Gasteiger partial charge in [0, 0.05) is 6.20 Å². The molecule has 1 N–H and O–H groups in total. The highest BCUT2D eigenvalue weighted by atomic mass is 19.1. The van der Waals surface area contributed by atoms with Crippen molar-refractivity contribution in [2.75, 3.05) is 0 Å². The fraction of sp³-hybridized carbons (Fsp3) is 0.0714. The smallest absolute Gasteiger partial charge is 0.339 e. The number of carboxylic acid groups (broad SMARTS) is 1. The fourth-order valence-corrected chi connectivity index (χ4v) is 1.91. The standard InChI is InChI=1S/C14H10FN3O3/c15-9-3-5-10(6-4-9)21-8-12-16-17-13-11(14(19)20)2-1-7-18(12)13/h1-7H,8H2,(H,19,20). The zero-order valence-electron chi connectivity index (χ0n) is 10.7. The summed E-state index contributed by atoms with van der Waals surface area (Å²) < 4.78 is 19.8. The molecule has 0 spiro atoms. The molecule has 0 amide bonds. The van der Waals surface area contributed by atoms with Gasteiger partial charge in [-0.15, -0.1) is 10.2 Å². The quantitative estimate of drug-likeness (QED) is 0.795. The van der Waals surface area contributed by atoms with Gasteiger partial charge in [-0.3, -0.25) is 4.40 Å². The van der Waals surface area contributed by atoms with E-state index in [1.807, 2.05) is 0 Å². The van der Waals surface area contributed by atoms with Crippen LogP contribution in [0.2, 0.25) is 0 Å². The molecular formula is C14H10FN3O3. The van der Waals surface area contributed by atoms with E-state index in [1.165, 1.54) is 30.3 Å². The van der Waals surface area contributed by atoms with Gasteiger partial charge in [0.2, 0.25) is 0 Å². The molecule has 0 radical (unpaired) electrons. The van der Waals surface area contributed by atoms with Crippen molar-refractivity contribution in [1.29, 1.82) is 0 Å². The Bertz CT molecular complexity index is 799. The molecule has 21 heavy (non-hydrogen) atoms. The number of pyridine rings is 1. The lowest BCUT2D eigenvalue weighted by Gasteiger charge is -2.05. The summed E-state index contributed by atoms with van der Waals surface area (Å²) in [6, 6.07) is 8.64. The number of carboxylic acids is 1. The second-order valence-corrected chi connectivity index (χ2v) is 4.28. The maximum Gasteiger partial charge on any atom is 0.339 e.